The number of benzene rings is 2. The lowest BCUT2D eigenvalue weighted by molar-refractivity contribution is -0.122. The van der Waals surface area contributed by atoms with Gasteiger partial charge in [-0.2, -0.15) is 0 Å². The van der Waals surface area contributed by atoms with E-state index in [0.29, 0.717) is 28.1 Å². The van der Waals surface area contributed by atoms with Crippen molar-refractivity contribution in [3.63, 3.8) is 0 Å². The molecule has 7 N–H and O–H groups in total. The highest BCUT2D eigenvalue weighted by Gasteiger charge is 2.11. The van der Waals surface area contributed by atoms with Crippen molar-refractivity contribution in [1.82, 2.24) is 10.6 Å². The Labute approximate surface area is 163 Å². The third-order valence-electron chi connectivity index (χ3n) is 3.60. The third kappa shape index (κ3) is 6.19. The van der Waals surface area contributed by atoms with E-state index in [9.17, 15) is 9.59 Å². The summed E-state index contributed by atoms with van der Waals surface area (Å²) in [5.41, 5.74) is 13.2. The number of nitrogens with one attached hydrogen (secondary N) is 3. The molecule has 0 radical (unpaired) electrons. The lowest BCUT2D eigenvalue weighted by atomic mass is 10.1. The van der Waals surface area contributed by atoms with Gasteiger partial charge < -0.3 is 26.8 Å². The van der Waals surface area contributed by atoms with Gasteiger partial charge in [-0.05, 0) is 24.3 Å². The summed E-state index contributed by atoms with van der Waals surface area (Å²) in [4.78, 5) is 23.7. The Morgan fingerprint density at radius 3 is 2.52 bits per heavy atom. The average molecular weight is 392 g/mol. The number of nitrogens with two attached hydrogens (primary N) is 2. The molecular formula is C18H22ClN5O3. The fourth-order valence-electron chi connectivity index (χ4n) is 2.18. The molecule has 0 heterocycles. The van der Waals surface area contributed by atoms with Gasteiger partial charge in [-0.3, -0.25) is 15.0 Å². The van der Waals surface area contributed by atoms with E-state index in [0.717, 1.165) is 0 Å². The topological polar surface area (TPSA) is 143 Å². The monoisotopic (exact) mass is 391 g/mol. The molecular weight excluding hydrogens is 370 g/mol. The van der Waals surface area contributed by atoms with Crippen LogP contribution in [0.1, 0.15) is 21.5 Å². The molecule has 8 nitrogen and oxygen atoms in total. The number of carbonyl (C=O) groups is 2. The second-order valence-electron chi connectivity index (χ2n) is 5.51. The molecule has 144 valence electrons. The van der Waals surface area contributed by atoms with E-state index < -0.39 is 0 Å². The van der Waals surface area contributed by atoms with Crippen molar-refractivity contribution in [2.45, 2.75) is 6.54 Å². The van der Waals surface area contributed by atoms with Gasteiger partial charge in [-0.25, -0.2) is 0 Å². The molecule has 27 heavy (non-hydrogen) atoms. The molecule has 0 aromatic heterocycles. The van der Waals surface area contributed by atoms with Crippen molar-refractivity contribution in [2.75, 3.05) is 19.4 Å². The Morgan fingerprint density at radius 2 is 1.89 bits per heavy atom. The van der Waals surface area contributed by atoms with E-state index in [4.69, 9.17) is 21.6 Å². The SMILES string of the molecule is CNC(=O)COc1cc(C(=N)N)ccc1CNC(=O)c1cccc(N)c1.Cl. The molecule has 2 aromatic carbocycles. The molecule has 0 fully saturated rings. The van der Waals surface area contributed by atoms with E-state index >= 15 is 0 Å². The van der Waals surface area contributed by atoms with Gasteiger partial charge in [-0.15, -0.1) is 12.4 Å². The summed E-state index contributed by atoms with van der Waals surface area (Å²) < 4.78 is 5.50. The predicted molar refractivity (Wildman–Crippen MR) is 106 cm³/mol. The van der Waals surface area contributed by atoms with Crippen LogP contribution < -0.4 is 26.8 Å². The Hall–Kier alpha value is -3.26. The lowest BCUT2D eigenvalue weighted by Gasteiger charge is -2.13. The van der Waals surface area contributed by atoms with Crippen LogP contribution >= 0.6 is 12.4 Å². The molecule has 0 bridgehead atoms. The number of hydrogen-bond donors (Lipinski definition) is 5. The van der Waals surface area contributed by atoms with E-state index in [-0.39, 0.29) is 43.2 Å². The molecule has 0 aliphatic carbocycles. The first-order valence-electron chi connectivity index (χ1n) is 7.85. The molecule has 0 atom stereocenters. The highest BCUT2D eigenvalue weighted by Crippen LogP contribution is 2.21. The standard InChI is InChI=1S/C18H21N5O3.ClH/c1-22-16(24)10-26-15-8-11(17(20)21)5-6-13(15)9-23-18(25)12-3-2-4-14(19)7-12;/h2-8H,9-10,19H2,1H3,(H3,20,21)(H,22,24)(H,23,25);1H. The number of carbonyl (C=O) groups excluding carboxylic acids is 2. The van der Waals surface area contributed by atoms with Gasteiger partial charge in [0.25, 0.3) is 11.8 Å². The minimum atomic E-state index is -0.298. The maximum atomic E-state index is 12.2. The van der Waals surface area contributed by atoms with Gasteiger partial charge in [0.05, 0.1) is 0 Å². The van der Waals surface area contributed by atoms with Crippen LogP contribution in [0.5, 0.6) is 5.75 Å². The van der Waals surface area contributed by atoms with Gasteiger partial charge in [0.2, 0.25) is 0 Å². The van der Waals surface area contributed by atoms with Crippen molar-refractivity contribution in [3.05, 3.63) is 59.2 Å². The zero-order valence-electron chi connectivity index (χ0n) is 14.7. The molecule has 0 saturated heterocycles. The van der Waals surface area contributed by atoms with Crippen LogP contribution in [0.15, 0.2) is 42.5 Å². The number of ether oxygens (including phenoxy) is 1. The third-order valence-corrected chi connectivity index (χ3v) is 3.60. The number of likely N-dealkylation sites (N-methyl/N-ethyl adjacent to an activating group) is 1. The van der Waals surface area contributed by atoms with E-state index in [1.807, 2.05) is 0 Å². The summed E-state index contributed by atoms with van der Waals surface area (Å²) in [7, 11) is 1.50. The van der Waals surface area contributed by atoms with Crippen LogP contribution in [0.25, 0.3) is 0 Å². The fourth-order valence-corrected chi connectivity index (χ4v) is 2.18. The maximum absolute atomic E-state index is 12.2. The van der Waals surface area contributed by atoms with Crippen LogP contribution in [-0.2, 0) is 11.3 Å². The summed E-state index contributed by atoms with van der Waals surface area (Å²) in [6.45, 7) is -0.0110. The molecule has 0 unspecified atom stereocenters. The average Bonchev–Trinajstić information content (AvgIpc) is 2.64. The second kappa shape index (κ2) is 10.0. The zero-order chi connectivity index (χ0) is 19.1. The van der Waals surface area contributed by atoms with Crippen molar-refractivity contribution in [3.8, 4) is 5.75 Å². The van der Waals surface area contributed by atoms with Crippen LogP contribution in [-0.4, -0.2) is 31.3 Å². The Bertz CT molecular complexity index is 841. The highest BCUT2D eigenvalue weighted by atomic mass is 35.5. The molecule has 0 saturated carbocycles. The van der Waals surface area contributed by atoms with E-state index in [2.05, 4.69) is 10.6 Å². The lowest BCUT2D eigenvalue weighted by Crippen LogP contribution is -2.26. The zero-order valence-corrected chi connectivity index (χ0v) is 15.6. The largest absolute Gasteiger partial charge is 0.483 e. The maximum Gasteiger partial charge on any atom is 0.257 e. The number of amides is 2. The number of hydrogen-bond acceptors (Lipinski definition) is 5. The van der Waals surface area contributed by atoms with Crippen molar-refractivity contribution < 1.29 is 14.3 Å². The Balaban J connectivity index is 0.00000364. The van der Waals surface area contributed by atoms with Crippen LogP contribution in [0.3, 0.4) is 0 Å². The van der Waals surface area contributed by atoms with Gasteiger partial charge in [0.15, 0.2) is 6.61 Å². The summed E-state index contributed by atoms with van der Waals surface area (Å²) in [6.07, 6.45) is 0. The molecule has 0 aliphatic heterocycles. The van der Waals surface area contributed by atoms with E-state index in [1.54, 1.807) is 42.5 Å². The number of nitrogen functional groups attached to an aromatic ring is 2. The molecule has 2 amide bonds. The Morgan fingerprint density at radius 1 is 1.15 bits per heavy atom. The van der Waals surface area contributed by atoms with Crippen LogP contribution in [0, 0.1) is 5.41 Å². The fraction of sp³-hybridized carbons (Fsp3) is 0.167. The summed E-state index contributed by atoms with van der Waals surface area (Å²) in [5.74, 6) is -0.336. The van der Waals surface area contributed by atoms with Gasteiger partial charge >= 0.3 is 0 Å². The summed E-state index contributed by atoms with van der Waals surface area (Å²) in [6, 6.07) is 11.5. The molecule has 0 aliphatic rings. The second-order valence-corrected chi connectivity index (χ2v) is 5.51. The predicted octanol–water partition coefficient (Wildman–Crippen LogP) is 1.03. The van der Waals surface area contributed by atoms with Crippen molar-refractivity contribution in [1.29, 1.82) is 5.41 Å². The number of halogens is 1. The van der Waals surface area contributed by atoms with Crippen LogP contribution in [0.2, 0.25) is 0 Å². The first-order chi connectivity index (χ1) is 12.4. The Kier molecular flexibility index (Phi) is 8.09. The molecule has 0 spiro atoms. The minimum absolute atomic E-state index is 0. The van der Waals surface area contributed by atoms with Gasteiger partial charge in [-0.1, -0.05) is 18.2 Å². The number of rotatable bonds is 7. The molecule has 2 aromatic rings. The van der Waals surface area contributed by atoms with Crippen molar-refractivity contribution in [2.24, 2.45) is 5.73 Å². The summed E-state index contributed by atoms with van der Waals surface area (Å²) in [5, 5.41) is 12.7. The normalized spacial score (nSPS) is 9.67. The molecule has 9 heteroatoms. The smallest absolute Gasteiger partial charge is 0.257 e. The number of anilines is 1. The van der Waals surface area contributed by atoms with Crippen LogP contribution in [0.4, 0.5) is 5.69 Å². The van der Waals surface area contributed by atoms with Gasteiger partial charge in [0.1, 0.15) is 11.6 Å². The van der Waals surface area contributed by atoms with E-state index in [1.165, 1.54) is 7.05 Å². The minimum Gasteiger partial charge on any atom is -0.483 e. The quantitative estimate of drug-likeness (QED) is 0.272. The first kappa shape index (κ1) is 21.8. The van der Waals surface area contributed by atoms with Gasteiger partial charge in [0, 0.05) is 36.0 Å². The number of amidine groups is 1. The molecule has 2 rings (SSSR count). The highest BCUT2D eigenvalue weighted by molar-refractivity contribution is 5.96. The summed E-state index contributed by atoms with van der Waals surface area (Å²) >= 11 is 0. The first-order valence-corrected chi connectivity index (χ1v) is 7.85. The van der Waals surface area contributed by atoms with Crippen molar-refractivity contribution >= 4 is 35.7 Å².